The fraction of sp³-hybridized carbons (Fsp3) is 0.600. The van der Waals surface area contributed by atoms with Crippen molar-refractivity contribution >= 4 is 18.2 Å². The van der Waals surface area contributed by atoms with Crippen LogP contribution in [0, 0.1) is 0 Å². The van der Waals surface area contributed by atoms with Crippen LogP contribution in [0.1, 0.15) is 13.3 Å². The van der Waals surface area contributed by atoms with Crippen molar-refractivity contribution in [3.05, 3.63) is 12.3 Å². The van der Waals surface area contributed by atoms with Crippen molar-refractivity contribution in [3.63, 3.8) is 0 Å². The van der Waals surface area contributed by atoms with E-state index in [0.29, 0.717) is 6.01 Å². The minimum atomic E-state index is 0. The minimum Gasteiger partial charge on any atom is -0.459 e. The normalized spacial score (nSPS) is 18.9. The molecule has 16 heavy (non-hydrogen) atoms. The summed E-state index contributed by atoms with van der Waals surface area (Å²) < 4.78 is 5.64. The third kappa shape index (κ3) is 3.50. The average molecular weight is 245 g/mol. The Morgan fingerprint density at radius 1 is 1.62 bits per heavy atom. The molecule has 5 nitrogen and oxygen atoms in total. The molecule has 2 rings (SSSR count). The summed E-state index contributed by atoms with van der Waals surface area (Å²) in [6.45, 7) is 4.78. The molecule has 0 bridgehead atoms. The Hall–Kier alpha value is -1.07. The van der Waals surface area contributed by atoms with Gasteiger partial charge in [-0.15, -0.1) is 12.4 Å². The lowest BCUT2D eigenvalue weighted by Crippen LogP contribution is -2.20. The maximum atomic E-state index is 5.64. The van der Waals surface area contributed by atoms with E-state index >= 15 is 0 Å². The van der Waals surface area contributed by atoms with Gasteiger partial charge in [-0.2, -0.15) is 4.98 Å². The molecule has 1 atom stereocenters. The van der Waals surface area contributed by atoms with Gasteiger partial charge in [-0.3, -0.25) is 0 Å². The van der Waals surface area contributed by atoms with Crippen molar-refractivity contribution < 1.29 is 4.74 Å². The fourth-order valence-electron chi connectivity index (χ4n) is 1.55. The maximum absolute atomic E-state index is 5.64. The molecule has 0 radical (unpaired) electrons. The van der Waals surface area contributed by atoms with Crippen molar-refractivity contribution in [2.24, 2.45) is 0 Å². The number of nitrogens with one attached hydrogen (secondary N) is 2. The molecule has 2 N–H and O–H groups in total. The molecule has 6 heteroatoms. The van der Waals surface area contributed by atoms with E-state index in [4.69, 9.17) is 4.74 Å². The van der Waals surface area contributed by atoms with Gasteiger partial charge in [0.25, 0.3) is 0 Å². The number of hydrogen-bond donors (Lipinski definition) is 2. The number of aromatic nitrogens is 2. The Kier molecular flexibility index (Phi) is 5.28. The van der Waals surface area contributed by atoms with E-state index < -0.39 is 0 Å². The molecule has 1 aliphatic heterocycles. The summed E-state index contributed by atoms with van der Waals surface area (Å²) in [5.41, 5.74) is 0. The van der Waals surface area contributed by atoms with Crippen molar-refractivity contribution in [1.29, 1.82) is 0 Å². The summed E-state index contributed by atoms with van der Waals surface area (Å²) in [6, 6.07) is 2.30. The number of ether oxygens (including phenoxy) is 1. The summed E-state index contributed by atoms with van der Waals surface area (Å²) in [6.07, 6.45) is 2.94. The second-order valence-corrected chi connectivity index (χ2v) is 3.49. The number of rotatable bonds is 4. The largest absolute Gasteiger partial charge is 0.459 e. The number of nitrogens with zero attached hydrogens (tertiary/aromatic N) is 2. The summed E-state index contributed by atoms with van der Waals surface area (Å²) in [5.74, 6) is 0.813. The molecular weight excluding hydrogens is 228 g/mol. The second kappa shape index (κ2) is 6.50. The van der Waals surface area contributed by atoms with E-state index in [2.05, 4.69) is 20.6 Å². The number of anilines is 1. The molecule has 1 unspecified atom stereocenters. The predicted molar refractivity (Wildman–Crippen MR) is 65.3 cm³/mol. The fourth-order valence-corrected chi connectivity index (χ4v) is 1.55. The first kappa shape index (κ1) is 13.0. The Morgan fingerprint density at radius 2 is 2.50 bits per heavy atom. The van der Waals surface area contributed by atoms with Gasteiger partial charge < -0.3 is 15.4 Å². The van der Waals surface area contributed by atoms with Crippen LogP contribution in [0.5, 0.6) is 6.01 Å². The monoisotopic (exact) mass is 244 g/mol. The molecule has 0 aliphatic carbocycles. The molecule has 1 fully saturated rings. The van der Waals surface area contributed by atoms with Gasteiger partial charge in [0.2, 0.25) is 0 Å². The van der Waals surface area contributed by atoms with E-state index in [1.807, 2.05) is 13.0 Å². The van der Waals surface area contributed by atoms with Crippen molar-refractivity contribution in [1.82, 2.24) is 15.3 Å². The predicted octanol–water partition coefficient (Wildman–Crippen LogP) is 1.07. The second-order valence-electron chi connectivity index (χ2n) is 3.49. The van der Waals surface area contributed by atoms with E-state index in [1.54, 1.807) is 6.20 Å². The van der Waals surface area contributed by atoms with Crippen LogP contribution in [0.3, 0.4) is 0 Å². The SMILES string of the molecule is CCNc1ccnc(OC2CCNC2)n1.Cl. The van der Waals surface area contributed by atoms with Crippen LogP contribution in [-0.2, 0) is 0 Å². The van der Waals surface area contributed by atoms with Crippen LogP contribution in [0.15, 0.2) is 12.3 Å². The summed E-state index contributed by atoms with van der Waals surface area (Å²) in [4.78, 5) is 8.34. The van der Waals surface area contributed by atoms with Crippen LogP contribution >= 0.6 is 12.4 Å². The molecular formula is C10H17ClN4O. The lowest BCUT2D eigenvalue weighted by Gasteiger charge is -2.10. The number of hydrogen-bond acceptors (Lipinski definition) is 5. The Morgan fingerprint density at radius 3 is 3.19 bits per heavy atom. The Balaban J connectivity index is 0.00000128. The molecule has 1 aromatic heterocycles. The highest BCUT2D eigenvalue weighted by Gasteiger charge is 2.16. The number of halogens is 1. The van der Waals surface area contributed by atoms with Gasteiger partial charge in [-0.05, 0) is 26.0 Å². The molecule has 2 heterocycles. The lowest BCUT2D eigenvalue weighted by atomic mass is 10.3. The standard InChI is InChI=1S/C10H16N4O.ClH/c1-2-12-9-4-6-13-10(14-9)15-8-3-5-11-7-8;/h4,6,8,11H,2-3,5,7H2,1H3,(H,12,13,14);1H. The van der Waals surface area contributed by atoms with Gasteiger partial charge in [0.1, 0.15) is 11.9 Å². The van der Waals surface area contributed by atoms with Gasteiger partial charge in [-0.25, -0.2) is 4.98 Å². The van der Waals surface area contributed by atoms with Gasteiger partial charge in [0, 0.05) is 19.3 Å². The van der Waals surface area contributed by atoms with Gasteiger partial charge in [0.15, 0.2) is 0 Å². The van der Waals surface area contributed by atoms with E-state index in [9.17, 15) is 0 Å². The molecule has 0 aromatic carbocycles. The lowest BCUT2D eigenvalue weighted by molar-refractivity contribution is 0.204. The zero-order valence-electron chi connectivity index (χ0n) is 9.27. The first-order valence-electron chi connectivity index (χ1n) is 5.33. The zero-order chi connectivity index (χ0) is 10.5. The van der Waals surface area contributed by atoms with Crippen LogP contribution in [0.25, 0.3) is 0 Å². The van der Waals surface area contributed by atoms with Crippen LogP contribution < -0.4 is 15.4 Å². The van der Waals surface area contributed by atoms with Gasteiger partial charge in [0.05, 0.1) is 0 Å². The molecule has 1 saturated heterocycles. The molecule has 1 aromatic rings. The molecule has 0 amide bonds. The van der Waals surface area contributed by atoms with Crippen LogP contribution in [0.2, 0.25) is 0 Å². The topological polar surface area (TPSA) is 59.1 Å². The average Bonchev–Trinajstić information content (AvgIpc) is 2.71. The van der Waals surface area contributed by atoms with Crippen molar-refractivity contribution in [3.8, 4) is 6.01 Å². The summed E-state index contributed by atoms with van der Waals surface area (Å²) in [7, 11) is 0. The molecule has 0 spiro atoms. The van der Waals surface area contributed by atoms with Gasteiger partial charge >= 0.3 is 6.01 Å². The Labute approximate surface area is 101 Å². The quantitative estimate of drug-likeness (QED) is 0.830. The Bertz CT molecular complexity index is 317. The highest BCUT2D eigenvalue weighted by molar-refractivity contribution is 5.85. The summed E-state index contributed by atoms with van der Waals surface area (Å²) in [5, 5.41) is 6.36. The molecule has 90 valence electrons. The third-order valence-electron chi connectivity index (χ3n) is 2.28. The first-order valence-corrected chi connectivity index (χ1v) is 5.33. The highest BCUT2D eigenvalue weighted by atomic mass is 35.5. The summed E-state index contributed by atoms with van der Waals surface area (Å²) >= 11 is 0. The van der Waals surface area contributed by atoms with Crippen LogP contribution in [0.4, 0.5) is 5.82 Å². The van der Waals surface area contributed by atoms with Gasteiger partial charge in [-0.1, -0.05) is 0 Å². The maximum Gasteiger partial charge on any atom is 0.318 e. The first-order chi connectivity index (χ1) is 7.38. The van der Waals surface area contributed by atoms with Crippen molar-refractivity contribution in [2.75, 3.05) is 25.0 Å². The highest BCUT2D eigenvalue weighted by Crippen LogP contribution is 2.11. The third-order valence-corrected chi connectivity index (χ3v) is 2.28. The minimum absolute atomic E-state index is 0. The van der Waals surface area contributed by atoms with E-state index in [1.165, 1.54) is 0 Å². The van der Waals surface area contributed by atoms with E-state index in [-0.39, 0.29) is 18.5 Å². The van der Waals surface area contributed by atoms with E-state index in [0.717, 1.165) is 31.9 Å². The smallest absolute Gasteiger partial charge is 0.318 e. The zero-order valence-corrected chi connectivity index (χ0v) is 10.1. The van der Waals surface area contributed by atoms with Crippen LogP contribution in [-0.4, -0.2) is 35.7 Å². The van der Waals surface area contributed by atoms with Crippen molar-refractivity contribution in [2.45, 2.75) is 19.4 Å². The molecule has 1 aliphatic rings. The molecule has 0 saturated carbocycles.